The van der Waals surface area contributed by atoms with E-state index in [1.54, 1.807) is 40.7 Å². The molecule has 5 amide bonds. The fourth-order valence-electron chi connectivity index (χ4n) is 5.92. The fraction of sp³-hybridized carbons (Fsp3) is 0.387. The average molecular weight is 653 g/mol. The van der Waals surface area contributed by atoms with Crippen LogP contribution >= 0.6 is 12.4 Å². The normalized spacial score (nSPS) is 18.4. The number of carbonyl (C=O) groups excluding carboxylic acids is 4. The lowest BCUT2D eigenvalue weighted by molar-refractivity contribution is -0.135. The summed E-state index contributed by atoms with van der Waals surface area (Å²) < 4.78 is 3.35. The lowest BCUT2D eigenvalue weighted by Crippen LogP contribution is -2.45. The number of carbonyl (C=O) groups is 5. The Morgan fingerprint density at radius 3 is 1.74 bits per heavy atom. The van der Waals surface area contributed by atoms with Gasteiger partial charge in [0.1, 0.15) is 0 Å². The molecule has 15 heteroatoms. The topological polar surface area (TPSA) is 195 Å². The summed E-state index contributed by atoms with van der Waals surface area (Å²) in [5.74, 6) is -1.95. The molecular weight excluding hydrogens is 616 g/mol. The highest BCUT2D eigenvalue weighted by Gasteiger charge is 2.33. The molecule has 2 aliphatic heterocycles. The molecule has 2 aliphatic rings. The van der Waals surface area contributed by atoms with Crippen LogP contribution in [0.5, 0.6) is 0 Å². The largest absolute Gasteiger partial charge is 0.465 e. The van der Waals surface area contributed by atoms with Gasteiger partial charge in [-0.2, -0.15) is 10.2 Å². The summed E-state index contributed by atoms with van der Waals surface area (Å²) in [6.07, 6.45) is 0.514. The van der Waals surface area contributed by atoms with Crippen molar-refractivity contribution >= 4 is 75.3 Å². The van der Waals surface area contributed by atoms with Gasteiger partial charge in [-0.25, -0.2) is 4.79 Å². The maximum absolute atomic E-state index is 12.2. The first kappa shape index (κ1) is 33.9. The molecule has 0 aliphatic carbocycles. The van der Waals surface area contributed by atoms with Crippen LogP contribution in [0.3, 0.4) is 0 Å². The predicted molar refractivity (Wildman–Crippen MR) is 174 cm³/mol. The van der Waals surface area contributed by atoms with E-state index < -0.39 is 17.6 Å². The van der Waals surface area contributed by atoms with Gasteiger partial charge in [0.25, 0.3) is 0 Å². The van der Waals surface area contributed by atoms with Gasteiger partial charge in [0.2, 0.25) is 23.6 Å². The number of rotatable bonds is 3. The number of nitrogen functional groups attached to an aromatic ring is 1. The van der Waals surface area contributed by atoms with Crippen molar-refractivity contribution in [3.8, 4) is 0 Å². The highest BCUT2D eigenvalue weighted by atomic mass is 35.5. The fourth-order valence-corrected chi connectivity index (χ4v) is 5.92. The lowest BCUT2D eigenvalue weighted by atomic mass is 9.92. The van der Waals surface area contributed by atoms with Crippen LogP contribution in [-0.2, 0) is 33.3 Å². The van der Waals surface area contributed by atoms with E-state index in [1.807, 2.05) is 40.0 Å². The van der Waals surface area contributed by atoms with Crippen LogP contribution in [0.1, 0.15) is 69.7 Å². The van der Waals surface area contributed by atoms with Gasteiger partial charge < -0.3 is 10.8 Å². The molecule has 2 aromatic carbocycles. The number of benzene rings is 2. The van der Waals surface area contributed by atoms with Crippen LogP contribution < -0.4 is 21.3 Å². The van der Waals surface area contributed by atoms with Crippen molar-refractivity contribution in [1.29, 1.82) is 0 Å². The molecule has 0 spiro atoms. The molecule has 2 fully saturated rings. The number of anilines is 2. The summed E-state index contributed by atoms with van der Waals surface area (Å²) in [6.45, 7) is 5.47. The van der Waals surface area contributed by atoms with Crippen LogP contribution in [0.25, 0.3) is 21.8 Å². The number of nitrogens with zero attached hydrogens (tertiary/aromatic N) is 5. The third-order valence-electron chi connectivity index (χ3n) is 8.03. The number of hydrogen-bond acceptors (Lipinski definition) is 8. The molecule has 2 aromatic heterocycles. The van der Waals surface area contributed by atoms with Crippen LogP contribution in [0, 0.1) is 0 Å². The first-order chi connectivity index (χ1) is 21.1. The van der Waals surface area contributed by atoms with Gasteiger partial charge in [-0.05, 0) is 70.0 Å². The quantitative estimate of drug-likeness (QED) is 0.189. The van der Waals surface area contributed by atoms with Gasteiger partial charge in [-0.1, -0.05) is 0 Å². The van der Waals surface area contributed by atoms with Gasteiger partial charge in [0.05, 0.1) is 34.3 Å². The number of halogens is 1. The molecule has 244 valence electrons. The lowest BCUT2D eigenvalue weighted by Gasteiger charge is -2.33. The second-order valence-electron chi connectivity index (χ2n) is 12.3. The van der Waals surface area contributed by atoms with E-state index in [1.165, 1.54) is 4.90 Å². The summed E-state index contributed by atoms with van der Waals surface area (Å²) in [5.41, 5.74) is 9.29. The minimum Gasteiger partial charge on any atom is -0.465 e. The monoisotopic (exact) mass is 652 g/mol. The Hall–Kier alpha value is -4.98. The van der Waals surface area contributed by atoms with Crippen molar-refractivity contribution in [3.63, 3.8) is 0 Å². The van der Waals surface area contributed by atoms with Crippen molar-refractivity contribution in [2.75, 3.05) is 10.6 Å². The Labute approximate surface area is 270 Å². The molecule has 6 rings (SSSR count). The van der Waals surface area contributed by atoms with Crippen LogP contribution in [-0.4, -0.2) is 59.9 Å². The molecule has 0 radical (unpaired) electrons. The van der Waals surface area contributed by atoms with Gasteiger partial charge >= 0.3 is 6.09 Å². The molecule has 46 heavy (non-hydrogen) atoms. The van der Waals surface area contributed by atoms with E-state index in [0.717, 1.165) is 21.8 Å². The van der Waals surface area contributed by atoms with Crippen molar-refractivity contribution in [1.82, 2.24) is 30.2 Å². The van der Waals surface area contributed by atoms with E-state index in [9.17, 15) is 29.1 Å². The maximum atomic E-state index is 12.2. The first-order valence-electron chi connectivity index (χ1n) is 14.5. The van der Waals surface area contributed by atoms with Crippen LogP contribution in [0.4, 0.5) is 16.2 Å². The Bertz CT molecular complexity index is 1870. The number of imide groups is 2. The minimum atomic E-state index is -1.04. The number of piperidine rings is 2. The van der Waals surface area contributed by atoms with Gasteiger partial charge in [0, 0.05) is 54.6 Å². The molecule has 0 bridgehead atoms. The molecule has 2 atom stereocenters. The zero-order valence-corrected chi connectivity index (χ0v) is 27.0. The van der Waals surface area contributed by atoms with Crippen molar-refractivity contribution in [2.45, 2.75) is 63.8 Å². The third-order valence-corrected chi connectivity index (χ3v) is 8.03. The highest BCUT2D eigenvalue weighted by molar-refractivity contribution is 6.04. The zero-order chi connectivity index (χ0) is 32.8. The molecule has 4 heterocycles. The summed E-state index contributed by atoms with van der Waals surface area (Å²) >= 11 is 0. The molecule has 14 nitrogen and oxygen atoms in total. The van der Waals surface area contributed by atoms with E-state index in [0.29, 0.717) is 42.0 Å². The summed E-state index contributed by atoms with van der Waals surface area (Å²) in [6, 6.07) is 10.8. The number of aryl methyl sites for hydroxylation is 2. The molecule has 2 unspecified atom stereocenters. The maximum Gasteiger partial charge on any atom is 0.412 e. The van der Waals surface area contributed by atoms with Crippen molar-refractivity contribution in [2.24, 2.45) is 14.1 Å². The summed E-state index contributed by atoms with van der Waals surface area (Å²) in [7, 11) is 3.57. The van der Waals surface area contributed by atoms with Gasteiger partial charge in [-0.3, -0.25) is 44.1 Å². The predicted octanol–water partition coefficient (Wildman–Crippen LogP) is 3.47. The standard InChI is InChI=1S/C18H22N4O4.C13H14N4O2.ClH/c1-18(2,3)22(17(25)26)10-5-6-11-13(9-10)21(4)20-15(11)12-7-8-14(23)19-16(12)24;1-17-10-6-7(14)2-3-8(10)12(16-17)9-4-5-11(18)15-13(9)19;/h5-6,9,12H,7-8H2,1-4H3,(H,25,26)(H,19,23,24);2-3,6,9H,4-5,14H2,1H3,(H,15,18,19);1H. The van der Waals surface area contributed by atoms with Gasteiger partial charge in [-0.15, -0.1) is 12.4 Å². The number of amides is 5. The molecular formula is C31H37ClN8O6. The van der Waals surface area contributed by atoms with Crippen molar-refractivity contribution < 1.29 is 29.1 Å². The van der Waals surface area contributed by atoms with E-state index in [-0.39, 0.29) is 48.4 Å². The molecule has 2 saturated heterocycles. The smallest absolute Gasteiger partial charge is 0.412 e. The molecule has 4 aromatic rings. The first-order valence-corrected chi connectivity index (χ1v) is 14.5. The van der Waals surface area contributed by atoms with E-state index in [2.05, 4.69) is 20.8 Å². The Kier molecular flexibility index (Phi) is 9.43. The summed E-state index contributed by atoms with van der Waals surface area (Å²) in [4.78, 5) is 59.7. The number of nitrogens with one attached hydrogen (secondary N) is 2. The van der Waals surface area contributed by atoms with Crippen LogP contribution in [0.15, 0.2) is 36.4 Å². The zero-order valence-electron chi connectivity index (χ0n) is 26.2. The summed E-state index contributed by atoms with van der Waals surface area (Å²) in [5, 5.41) is 24.9. The number of nitrogens with two attached hydrogens (primary N) is 1. The number of hydrogen-bond donors (Lipinski definition) is 4. The Morgan fingerprint density at radius 1 is 0.848 bits per heavy atom. The number of carboxylic acid groups (broad SMARTS) is 1. The third kappa shape index (κ3) is 6.52. The van der Waals surface area contributed by atoms with E-state index >= 15 is 0 Å². The second kappa shape index (κ2) is 12.8. The average Bonchev–Trinajstić information content (AvgIpc) is 3.44. The Morgan fingerprint density at radius 2 is 1.30 bits per heavy atom. The second-order valence-corrected chi connectivity index (χ2v) is 12.3. The van der Waals surface area contributed by atoms with Crippen molar-refractivity contribution in [3.05, 3.63) is 47.8 Å². The minimum absolute atomic E-state index is 0. The van der Waals surface area contributed by atoms with Gasteiger partial charge in [0.15, 0.2) is 0 Å². The number of fused-ring (bicyclic) bond motifs is 2. The highest BCUT2D eigenvalue weighted by Crippen LogP contribution is 2.34. The SMILES string of the molecule is Cl.Cn1nc(C2CCC(=O)NC2=O)c2ccc(N(C(=O)O)C(C)(C)C)cc21.Cn1nc(C2CCC(=O)NC2=O)c2ccc(N)cc21. The Balaban J connectivity index is 0.000000213. The van der Waals surface area contributed by atoms with E-state index in [4.69, 9.17) is 5.73 Å². The molecule has 0 saturated carbocycles. The van der Waals surface area contributed by atoms with Crippen LogP contribution in [0.2, 0.25) is 0 Å². The molecule has 5 N–H and O–H groups in total. The number of aromatic nitrogens is 4.